The first-order valence-electron chi connectivity index (χ1n) is 13.1. The first-order valence-corrected chi connectivity index (χ1v) is 13.1. The number of nitrogens with zero attached hydrogens (tertiary/aromatic N) is 1. The predicted molar refractivity (Wildman–Crippen MR) is 127 cm³/mol. The van der Waals surface area contributed by atoms with Crippen LogP contribution >= 0.6 is 0 Å². The second-order valence-corrected chi connectivity index (χ2v) is 13.0. The van der Waals surface area contributed by atoms with Gasteiger partial charge in [0, 0.05) is 30.5 Å². The molecule has 1 aliphatic heterocycles. The van der Waals surface area contributed by atoms with Gasteiger partial charge in [-0.15, -0.1) is 0 Å². The van der Waals surface area contributed by atoms with Crippen molar-refractivity contribution in [3.8, 4) is 0 Å². The minimum absolute atomic E-state index is 0.0110. The lowest BCUT2D eigenvalue weighted by molar-refractivity contribution is -0.160. The number of likely N-dealkylation sites (tertiary alicyclic amines) is 1. The molecule has 5 heteroatoms. The van der Waals surface area contributed by atoms with Gasteiger partial charge in [-0.3, -0.25) is 4.79 Å². The Kier molecular flexibility index (Phi) is 6.12. The molecule has 1 N–H and O–H groups in total. The van der Waals surface area contributed by atoms with Crippen molar-refractivity contribution in [2.75, 3.05) is 7.05 Å². The maximum atomic E-state index is 12.8. The number of amides is 2. The second-order valence-electron chi connectivity index (χ2n) is 13.0. The van der Waals surface area contributed by atoms with E-state index in [4.69, 9.17) is 4.74 Å². The van der Waals surface area contributed by atoms with Gasteiger partial charge < -0.3 is 15.0 Å². The van der Waals surface area contributed by atoms with Crippen LogP contribution < -0.4 is 5.32 Å². The van der Waals surface area contributed by atoms with E-state index < -0.39 is 0 Å². The Morgan fingerprint density at radius 2 is 1.84 bits per heavy atom. The van der Waals surface area contributed by atoms with Crippen LogP contribution in [0.5, 0.6) is 0 Å². The molecule has 4 rings (SSSR count). The summed E-state index contributed by atoms with van der Waals surface area (Å²) in [5.74, 6) is 2.77. The van der Waals surface area contributed by atoms with Crippen LogP contribution in [0, 0.1) is 34.5 Å². The SMILES string of the molecule is CCC[C@H]1C[C@H]2[C@@H]3CC[C@H]4N(C)C(=O)CC[C@]4(C)[C@H]3CC[C@]2(C)[C@H]1OC(=O)NC(C)(C)C. The van der Waals surface area contributed by atoms with Gasteiger partial charge in [0.05, 0.1) is 0 Å². The molecule has 0 aromatic heterocycles. The van der Waals surface area contributed by atoms with E-state index in [9.17, 15) is 9.59 Å². The zero-order chi connectivity index (χ0) is 23.5. The lowest BCUT2D eigenvalue weighted by Crippen LogP contribution is -2.61. The van der Waals surface area contributed by atoms with Gasteiger partial charge in [0.25, 0.3) is 0 Å². The maximum absolute atomic E-state index is 12.8. The number of carbonyl (C=O) groups is 2. The zero-order valence-electron chi connectivity index (χ0n) is 21.5. The molecule has 3 saturated carbocycles. The van der Waals surface area contributed by atoms with Crippen LogP contribution in [0.25, 0.3) is 0 Å². The topological polar surface area (TPSA) is 58.6 Å². The van der Waals surface area contributed by atoms with Gasteiger partial charge in [0.1, 0.15) is 6.10 Å². The minimum atomic E-state index is -0.286. The molecule has 0 radical (unpaired) electrons. The molecule has 0 aromatic carbocycles. The highest BCUT2D eigenvalue weighted by Gasteiger charge is 2.63. The number of carbonyl (C=O) groups excluding carboxylic acids is 2. The average Bonchev–Trinajstić information content (AvgIpc) is 2.96. The van der Waals surface area contributed by atoms with E-state index >= 15 is 0 Å². The van der Waals surface area contributed by atoms with Crippen molar-refractivity contribution >= 4 is 12.0 Å². The first kappa shape index (κ1) is 23.9. The van der Waals surface area contributed by atoms with E-state index in [0.717, 1.165) is 32.1 Å². The van der Waals surface area contributed by atoms with Gasteiger partial charge in [-0.1, -0.05) is 27.2 Å². The van der Waals surface area contributed by atoms with Crippen molar-refractivity contribution < 1.29 is 14.3 Å². The smallest absolute Gasteiger partial charge is 0.407 e. The molecule has 1 saturated heterocycles. The van der Waals surface area contributed by atoms with E-state index in [1.54, 1.807) is 0 Å². The molecule has 182 valence electrons. The number of fused-ring (bicyclic) bond motifs is 5. The third-order valence-corrected chi connectivity index (χ3v) is 10.0. The monoisotopic (exact) mass is 446 g/mol. The van der Waals surface area contributed by atoms with Crippen LogP contribution in [0.4, 0.5) is 4.79 Å². The fourth-order valence-corrected chi connectivity index (χ4v) is 8.61. The number of hydrogen-bond acceptors (Lipinski definition) is 3. The summed E-state index contributed by atoms with van der Waals surface area (Å²) in [6.07, 6.45) is 9.62. The molecular weight excluding hydrogens is 400 g/mol. The second kappa shape index (κ2) is 8.20. The standard InChI is InChI=1S/C27H46N2O3/c1-8-9-17-16-20-18-10-11-21-26(5,15-13-22(30)29(21)7)19(18)12-14-27(20,6)23(17)32-24(31)28-25(2,3)4/h17-21,23H,8-16H2,1-7H3,(H,28,31)/t17-,18+,19-,20-,21+,23-,26+,27-/m0/s1. The van der Waals surface area contributed by atoms with E-state index in [1.807, 2.05) is 27.8 Å². The molecule has 4 aliphatic rings. The number of alkyl carbamates (subject to hydrolysis) is 1. The average molecular weight is 447 g/mol. The van der Waals surface area contributed by atoms with E-state index in [-0.39, 0.29) is 28.6 Å². The Balaban J connectivity index is 1.58. The highest BCUT2D eigenvalue weighted by atomic mass is 16.6. The molecule has 0 bridgehead atoms. The summed E-state index contributed by atoms with van der Waals surface area (Å²) >= 11 is 0. The Bertz CT molecular complexity index is 746. The summed E-state index contributed by atoms with van der Waals surface area (Å²) < 4.78 is 6.26. The highest BCUT2D eigenvalue weighted by molar-refractivity contribution is 5.77. The van der Waals surface area contributed by atoms with Gasteiger partial charge in [0.15, 0.2) is 0 Å². The third-order valence-electron chi connectivity index (χ3n) is 10.0. The zero-order valence-corrected chi connectivity index (χ0v) is 21.5. The van der Waals surface area contributed by atoms with Gasteiger partial charge in [0.2, 0.25) is 5.91 Å². The number of hydrogen-bond donors (Lipinski definition) is 1. The Morgan fingerprint density at radius 1 is 1.12 bits per heavy atom. The van der Waals surface area contributed by atoms with Crippen LogP contribution in [0.15, 0.2) is 0 Å². The predicted octanol–water partition coefficient (Wildman–Crippen LogP) is 5.77. The van der Waals surface area contributed by atoms with Crippen LogP contribution in [0.2, 0.25) is 0 Å². The van der Waals surface area contributed by atoms with E-state index in [2.05, 4.69) is 31.0 Å². The number of rotatable bonds is 3. The largest absolute Gasteiger partial charge is 0.445 e. The van der Waals surface area contributed by atoms with Gasteiger partial charge in [-0.2, -0.15) is 0 Å². The fraction of sp³-hybridized carbons (Fsp3) is 0.926. The first-order chi connectivity index (χ1) is 14.9. The maximum Gasteiger partial charge on any atom is 0.407 e. The van der Waals surface area contributed by atoms with Crippen molar-refractivity contribution in [2.24, 2.45) is 34.5 Å². The molecular formula is C27H46N2O3. The number of ether oxygens (including phenoxy) is 1. The quantitative estimate of drug-likeness (QED) is 0.599. The molecule has 3 aliphatic carbocycles. The molecule has 1 heterocycles. The summed E-state index contributed by atoms with van der Waals surface area (Å²) in [7, 11) is 2.03. The molecule has 8 atom stereocenters. The number of piperidine rings is 1. The van der Waals surface area contributed by atoms with Crippen LogP contribution in [-0.2, 0) is 9.53 Å². The number of nitrogens with one attached hydrogen (secondary N) is 1. The normalized spacial score (nSPS) is 43.8. The van der Waals surface area contributed by atoms with Crippen LogP contribution in [0.3, 0.4) is 0 Å². The Labute approximate surface area is 195 Å². The molecule has 0 aromatic rings. The Hall–Kier alpha value is -1.26. The summed E-state index contributed by atoms with van der Waals surface area (Å²) in [5.41, 5.74) is 0.0108. The van der Waals surface area contributed by atoms with Crippen molar-refractivity contribution in [3.05, 3.63) is 0 Å². The molecule has 32 heavy (non-hydrogen) atoms. The van der Waals surface area contributed by atoms with Gasteiger partial charge in [-0.05, 0) is 94.8 Å². The Morgan fingerprint density at radius 3 is 2.50 bits per heavy atom. The van der Waals surface area contributed by atoms with Gasteiger partial charge >= 0.3 is 6.09 Å². The lowest BCUT2D eigenvalue weighted by atomic mass is 9.47. The fourth-order valence-electron chi connectivity index (χ4n) is 8.61. The molecule has 0 spiro atoms. The van der Waals surface area contributed by atoms with Crippen molar-refractivity contribution in [1.29, 1.82) is 0 Å². The summed E-state index contributed by atoms with van der Waals surface area (Å²) in [6.45, 7) is 13.2. The molecule has 5 nitrogen and oxygen atoms in total. The lowest BCUT2D eigenvalue weighted by Gasteiger charge is -2.61. The van der Waals surface area contributed by atoms with Crippen LogP contribution in [0.1, 0.15) is 99.3 Å². The van der Waals surface area contributed by atoms with Crippen molar-refractivity contribution in [1.82, 2.24) is 10.2 Å². The summed E-state index contributed by atoms with van der Waals surface area (Å²) in [4.78, 5) is 27.3. The van der Waals surface area contributed by atoms with E-state index in [0.29, 0.717) is 42.0 Å². The van der Waals surface area contributed by atoms with Crippen LogP contribution in [-0.4, -0.2) is 41.6 Å². The highest BCUT2D eigenvalue weighted by Crippen LogP contribution is 2.66. The van der Waals surface area contributed by atoms with Gasteiger partial charge in [-0.25, -0.2) is 4.79 Å². The summed E-state index contributed by atoms with van der Waals surface area (Å²) in [5, 5.41) is 3.03. The van der Waals surface area contributed by atoms with Crippen molar-refractivity contribution in [3.63, 3.8) is 0 Å². The minimum Gasteiger partial charge on any atom is -0.445 e. The van der Waals surface area contributed by atoms with E-state index in [1.165, 1.54) is 19.3 Å². The third kappa shape index (κ3) is 3.86. The molecule has 2 amide bonds. The molecule has 4 fully saturated rings. The summed E-state index contributed by atoms with van der Waals surface area (Å²) in [6, 6.07) is 0.395. The molecule has 0 unspecified atom stereocenters. The van der Waals surface area contributed by atoms with Crippen molar-refractivity contribution in [2.45, 2.75) is 117 Å².